The smallest absolute Gasteiger partial charge is 0.792 e. The maximum absolute atomic E-state index is 9.60. The first kappa shape index (κ1) is 17.1. The van der Waals surface area contributed by atoms with E-state index in [0.717, 1.165) is 0 Å². The SMILES string of the molecule is CC(=N\[O-])/C(C)=N/[O-].[Na+].[Na+]. The van der Waals surface area contributed by atoms with Crippen molar-refractivity contribution in [1.29, 1.82) is 0 Å². The second-order valence-corrected chi connectivity index (χ2v) is 1.35. The maximum Gasteiger partial charge on any atom is 1.00 e. The van der Waals surface area contributed by atoms with Gasteiger partial charge in [0.1, 0.15) is 0 Å². The zero-order valence-corrected chi connectivity index (χ0v) is 10.7. The van der Waals surface area contributed by atoms with Gasteiger partial charge in [-0.2, -0.15) is 0 Å². The van der Waals surface area contributed by atoms with E-state index in [2.05, 4.69) is 10.3 Å². The van der Waals surface area contributed by atoms with E-state index in [0.29, 0.717) is 0 Å². The molecule has 0 bridgehead atoms. The molecule has 0 spiro atoms. The monoisotopic (exact) mass is 160 g/mol. The Morgan fingerprint density at radius 2 is 1.10 bits per heavy atom. The molecule has 0 fully saturated rings. The van der Waals surface area contributed by atoms with Gasteiger partial charge in [0.25, 0.3) is 0 Å². The minimum absolute atomic E-state index is 0. The zero-order valence-electron chi connectivity index (χ0n) is 6.71. The standard InChI is InChI=1S/C4H8N2O2.2Na/c1-3(5-7)4(2)6-8;;/h7-8H,1-2H3;;/q;2*+1/p-2/b5-3+,6-4+;;. The normalized spacial score (nSPS) is 11.4. The number of rotatable bonds is 1. The van der Waals surface area contributed by atoms with Gasteiger partial charge in [-0.15, -0.1) is 0 Å². The maximum atomic E-state index is 9.60. The fraction of sp³-hybridized carbons (Fsp3) is 0.500. The van der Waals surface area contributed by atoms with Gasteiger partial charge in [0, 0.05) is 11.4 Å². The number of nitrogens with zero attached hydrogens (tertiary/aromatic N) is 2. The van der Waals surface area contributed by atoms with E-state index in [1.54, 1.807) is 0 Å². The van der Waals surface area contributed by atoms with E-state index >= 15 is 0 Å². The van der Waals surface area contributed by atoms with Crippen molar-refractivity contribution in [2.45, 2.75) is 13.8 Å². The van der Waals surface area contributed by atoms with Crippen molar-refractivity contribution in [3.05, 3.63) is 10.4 Å². The quantitative estimate of drug-likeness (QED) is 0.219. The molecule has 0 saturated heterocycles. The Bertz CT molecular complexity index is 119. The second-order valence-electron chi connectivity index (χ2n) is 1.35. The molecule has 6 heteroatoms. The van der Waals surface area contributed by atoms with Crippen molar-refractivity contribution in [1.82, 2.24) is 0 Å². The third kappa shape index (κ3) is 7.05. The molecule has 10 heavy (non-hydrogen) atoms. The fourth-order valence-corrected chi connectivity index (χ4v) is 0.132. The van der Waals surface area contributed by atoms with E-state index in [4.69, 9.17) is 0 Å². The Kier molecular flexibility index (Phi) is 17.0. The first-order chi connectivity index (χ1) is 3.72. The molecule has 0 N–H and O–H groups in total. The van der Waals surface area contributed by atoms with Crippen molar-refractivity contribution in [2.24, 2.45) is 10.3 Å². The first-order valence-corrected chi connectivity index (χ1v) is 2.06. The average molecular weight is 160 g/mol. The third-order valence-corrected chi connectivity index (χ3v) is 0.797. The van der Waals surface area contributed by atoms with Crippen molar-refractivity contribution in [2.75, 3.05) is 0 Å². The van der Waals surface area contributed by atoms with Gasteiger partial charge >= 0.3 is 59.1 Å². The van der Waals surface area contributed by atoms with Gasteiger partial charge in [-0.1, -0.05) is 0 Å². The van der Waals surface area contributed by atoms with Crippen LogP contribution in [-0.2, 0) is 0 Å². The molecule has 0 aliphatic carbocycles. The van der Waals surface area contributed by atoms with Crippen molar-refractivity contribution < 1.29 is 59.1 Å². The Morgan fingerprint density at radius 1 is 0.900 bits per heavy atom. The van der Waals surface area contributed by atoms with Crippen molar-refractivity contribution in [3.63, 3.8) is 0 Å². The fourth-order valence-electron chi connectivity index (χ4n) is 0.132. The molecule has 0 aromatic carbocycles. The van der Waals surface area contributed by atoms with Crippen LogP contribution in [0.3, 0.4) is 0 Å². The summed E-state index contributed by atoms with van der Waals surface area (Å²) in [6, 6.07) is 0. The van der Waals surface area contributed by atoms with Crippen LogP contribution in [0.4, 0.5) is 0 Å². The van der Waals surface area contributed by atoms with Gasteiger partial charge in [0.15, 0.2) is 0 Å². The molecule has 0 radical (unpaired) electrons. The molecule has 0 saturated carbocycles. The van der Waals surface area contributed by atoms with Crippen molar-refractivity contribution in [3.8, 4) is 0 Å². The molecular weight excluding hydrogens is 154 g/mol. The summed E-state index contributed by atoms with van der Waals surface area (Å²) in [4.78, 5) is 0. The van der Waals surface area contributed by atoms with Crippen LogP contribution < -0.4 is 59.1 Å². The molecule has 4 nitrogen and oxygen atoms in total. The zero-order chi connectivity index (χ0) is 6.57. The average Bonchev–Trinajstić information content (AvgIpc) is 1.84. The predicted octanol–water partition coefficient (Wildman–Crippen LogP) is -5.09. The Hall–Kier alpha value is 0.940. The molecule has 0 aliphatic rings. The molecule has 0 heterocycles. The Balaban J connectivity index is -0.000000245. The Morgan fingerprint density at radius 3 is 1.20 bits per heavy atom. The van der Waals surface area contributed by atoms with Crippen LogP contribution in [0.5, 0.6) is 0 Å². The van der Waals surface area contributed by atoms with Crippen LogP contribution >= 0.6 is 0 Å². The second kappa shape index (κ2) is 9.94. The van der Waals surface area contributed by atoms with Gasteiger partial charge < -0.3 is 20.7 Å². The summed E-state index contributed by atoms with van der Waals surface area (Å²) in [7, 11) is 0. The van der Waals surface area contributed by atoms with Crippen LogP contribution in [0.1, 0.15) is 13.8 Å². The van der Waals surface area contributed by atoms with Crippen LogP contribution in [0.15, 0.2) is 10.3 Å². The van der Waals surface area contributed by atoms with Crippen molar-refractivity contribution >= 4 is 11.4 Å². The Labute approximate surface area is 104 Å². The summed E-state index contributed by atoms with van der Waals surface area (Å²) in [6.45, 7) is 2.87. The van der Waals surface area contributed by atoms with Gasteiger partial charge in [-0.05, 0) is 13.8 Å². The molecule has 0 aliphatic heterocycles. The van der Waals surface area contributed by atoms with E-state index in [1.807, 2.05) is 0 Å². The predicted molar refractivity (Wildman–Crippen MR) is 33.0 cm³/mol. The van der Waals surface area contributed by atoms with E-state index in [-0.39, 0.29) is 70.5 Å². The summed E-state index contributed by atoms with van der Waals surface area (Å²) in [5.41, 5.74) is 0.278. The molecule has 0 unspecified atom stereocenters. The number of hydrogen-bond acceptors (Lipinski definition) is 4. The first-order valence-electron chi connectivity index (χ1n) is 2.06. The van der Waals surface area contributed by atoms with E-state index in [1.165, 1.54) is 13.8 Å². The van der Waals surface area contributed by atoms with E-state index in [9.17, 15) is 10.4 Å². The van der Waals surface area contributed by atoms with Crippen LogP contribution in [0.25, 0.3) is 0 Å². The third-order valence-electron chi connectivity index (χ3n) is 0.797. The topological polar surface area (TPSA) is 70.8 Å². The summed E-state index contributed by atoms with van der Waals surface area (Å²) in [5.74, 6) is 0. The summed E-state index contributed by atoms with van der Waals surface area (Å²) < 4.78 is 0. The minimum Gasteiger partial charge on any atom is -0.792 e. The van der Waals surface area contributed by atoms with Crippen LogP contribution in [0.2, 0.25) is 0 Å². The molecule has 0 amide bonds. The molecular formula is C4H6N2Na2O2. The van der Waals surface area contributed by atoms with Gasteiger partial charge in [-0.25, -0.2) is 0 Å². The van der Waals surface area contributed by atoms with Gasteiger partial charge in [-0.3, -0.25) is 0 Å². The minimum atomic E-state index is 0. The summed E-state index contributed by atoms with van der Waals surface area (Å²) in [6.07, 6.45) is 0. The largest absolute Gasteiger partial charge is 1.00 e. The van der Waals surface area contributed by atoms with E-state index < -0.39 is 0 Å². The molecule has 46 valence electrons. The number of hydrogen-bond donors (Lipinski definition) is 0. The summed E-state index contributed by atoms with van der Waals surface area (Å²) >= 11 is 0. The van der Waals surface area contributed by atoms with Gasteiger partial charge in [0.05, 0.1) is 0 Å². The summed E-state index contributed by atoms with van der Waals surface area (Å²) in [5, 5.41) is 24.2. The van der Waals surface area contributed by atoms with Gasteiger partial charge in [0.2, 0.25) is 0 Å². The molecule has 0 rings (SSSR count). The molecule has 0 aromatic rings. The van der Waals surface area contributed by atoms with Crippen LogP contribution in [0, 0.1) is 10.4 Å². The molecule has 0 atom stereocenters. The van der Waals surface area contributed by atoms with Crippen LogP contribution in [-0.4, -0.2) is 11.4 Å². The molecule has 0 aromatic heterocycles.